The summed E-state index contributed by atoms with van der Waals surface area (Å²) in [4.78, 5) is 26.6. The molecule has 2 aromatic rings. The van der Waals surface area contributed by atoms with Gasteiger partial charge in [-0.25, -0.2) is 14.5 Å². The van der Waals surface area contributed by atoms with Gasteiger partial charge in [-0.15, -0.1) is 11.3 Å². The zero-order valence-electron chi connectivity index (χ0n) is 11.3. The number of carbonyl (C=O) groups is 2. The number of amides is 4. The molecule has 0 spiro atoms. The van der Waals surface area contributed by atoms with E-state index in [1.54, 1.807) is 23.9 Å². The predicted octanol–water partition coefficient (Wildman–Crippen LogP) is 2.29. The van der Waals surface area contributed by atoms with Crippen molar-refractivity contribution in [2.75, 3.05) is 19.6 Å². The lowest BCUT2D eigenvalue weighted by Crippen LogP contribution is -2.42. The van der Waals surface area contributed by atoms with Crippen molar-refractivity contribution >= 4 is 23.4 Å². The van der Waals surface area contributed by atoms with Crippen LogP contribution in [0.3, 0.4) is 0 Å². The summed E-state index contributed by atoms with van der Waals surface area (Å²) in [6.07, 6.45) is 4.10. The van der Waals surface area contributed by atoms with Gasteiger partial charge in [0.15, 0.2) is 0 Å². The third-order valence-electron chi connectivity index (χ3n) is 3.22. The van der Waals surface area contributed by atoms with E-state index >= 15 is 0 Å². The maximum atomic E-state index is 11.8. The molecule has 1 saturated heterocycles. The maximum absolute atomic E-state index is 11.8. The van der Waals surface area contributed by atoms with Crippen LogP contribution >= 0.6 is 11.3 Å². The van der Waals surface area contributed by atoms with Gasteiger partial charge in [-0.1, -0.05) is 0 Å². The number of nitrogens with zero attached hydrogens (tertiary/aromatic N) is 1. The normalized spacial score (nSPS) is 14.3. The van der Waals surface area contributed by atoms with Crippen LogP contribution in [-0.2, 0) is 6.42 Å². The number of imide groups is 1. The molecule has 0 bridgehead atoms. The Kier molecular flexibility index (Phi) is 3.92. The third kappa shape index (κ3) is 3.08. The fraction of sp³-hybridized carbons (Fsp3) is 0.286. The van der Waals surface area contributed by atoms with Crippen LogP contribution in [0, 0.1) is 0 Å². The minimum atomic E-state index is -0.336. The number of nitrogens with one attached hydrogen (secondary N) is 2. The molecule has 6 nitrogen and oxygen atoms in total. The Hall–Kier alpha value is -2.28. The molecular weight excluding hydrogens is 290 g/mol. The molecule has 110 valence electrons. The van der Waals surface area contributed by atoms with E-state index in [1.807, 2.05) is 18.2 Å². The van der Waals surface area contributed by atoms with Gasteiger partial charge in [0, 0.05) is 35.0 Å². The number of thiophene rings is 1. The Bertz CT molecular complexity index is 636. The highest BCUT2D eigenvalue weighted by Crippen LogP contribution is 2.28. The summed E-state index contributed by atoms with van der Waals surface area (Å²) in [5.74, 6) is 0. The highest BCUT2D eigenvalue weighted by Gasteiger charge is 2.25. The molecule has 0 saturated carbocycles. The minimum absolute atomic E-state index is 0.328. The van der Waals surface area contributed by atoms with Crippen molar-refractivity contribution in [1.29, 1.82) is 0 Å². The molecule has 0 radical (unpaired) electrons. The van der Waals surface area contributed by atoms with Crippen molar-refractivity contribution in [3.8, 4) is 10.4 Å². The van der Waals surface area contributed by atoms with Gasteiger partial charge in [-0.3, -0.25) is 0 Å². The molecule has 1 aliphatic rings. The Morgan fingerprint density at radius 2 is 2.33 bits per heavy atom. The molecule has 1 fully saturated rings. The first-order valence-corrected chi connectivity index (χ1v) is 7.50. The van der Waals surface area contributed by atoms with Crippen LogP contribution in [0.15, 0.2) is 35.1 Å². The fourth-order valence-electron chi connectivity index (χ4n) is 2.13. The van der Waals surface area contributed by atoms with E-state index in [4.69, 9.17) is 4.42 Å². The van der Waals surface area contributed by atoms with E-state index in [1.165, 1.54) is 9.78 Å². The minimum Gasteiger partial charge on any atom is -0.472 e. The molecule has 21 heavy (non-hydrogen) atoms. The molecule has 1 aliphatic heterocycles. The first-order chi connectivity index (χ1) is 10.2. The van der Waals surface area contributed by atoms with Crippen molar-refractivity contribution < 1.29 is 14.0 Å². The number of rotatable bonds is 4. The molecule has 2 N–H and O–H groups in total. The zero-order valence-corrected chi connectivity index (χ0v) is 12.1. The Labute approximate surface area is 125 Å². The van der Waals surface area contributed by atoms with Crippen molar-refractivity contribution in [2.24, 2.45) is 0 Å². The zero-order chi connectivity index (χ0) is 14.7. The average molecular weight is 305 g/mol. The van der Waals surface area contributed by atoms with Crippen LogP contribution < -0.4 is 10.6 Å². The largest absolute Gasteiger partial charge is 0.472 e. The van der Waals surface area contributed by atoms with Gasteiger partial charge in [-0.05, 0) is 24.6 Å². The molecule has 0 unspecified atom stereocenters. The maximum Gasteiger partial charge on any atom is 0.325 e. The van der Waals surface area contributed by atoms with Crippen LogP contribution in [0.1, 0.15) is 4.88 Å². The van der Waals surface area contributed by atoms with Crippen LogP contribution in [0.4, 0.5) is 9.59 Å². The second-order valence-electron chi connectivity index (χ2n) is 4.64. The first-order valence-electron chi connectivity index (χ1n) is 6.68. The lowest BCUT2D eigenvalue weighted by Gasteiger charge is -2.12. The predicted molar refractivity (Wildman–Crippen MR) is 79.2 cm³/mol. The fourth-order valence-corrected chi connectivity index (χ4v) is 3.12. The molecular formula is C14H15N3O3S. The molecule has 0 atom stereocenters. The van der Waals surface area contributed by atoms with Crippen molar-refractivity contribution in [1.82, 2.24) is 15.5 Å². The van der Waals surface area contributed by atoms with Crippen molar-refractivity contribution in [3.63, 3.8) is 0 Å². The van der Waals surface area contributed by atoms with Crippen molar-refractivity contribution in [3.05, 3.63) is 35.6 Å². The van der Waals surface area contributed by atoms with Gasteiger partial charge in [0.1, 0.15) is 0 Å². The monoisotopic (exact) mass is 305 g/mol. The van der Waals surface area contributed by atoms with E-state index in [0.717, 1.165) is 16.9 Å². The second-order valence-corrected chi connectivity index (χ2v) is 5.81. The van der Waals surface area contributed by atoms with E-state index in [2.05, 4.69) is 10.6 Å². The van der Waals surface area contributed by atoms with Crippen LogP contribution in [0.2, 0.25) is 0 Å². The number of furan rings is 1. The van der Waals surface area contributed by atoms with Gasteiger partial charge in [0.2, 0.25) is 0 Å². The van der Waals surface area contributed by atoms with Crippen LogP contribution in [0.5, 0.6) is 0 Å². The van der Waals surface area contributed by atoms with Gasteiger partial charge in [0.05, 0.1) is 12.5 Å². The molecule has 3 heterocycles. The highest BCUT2D eigenvalue weighted by atomic mass is 32.1. The van der Waals surface area contributed by atoms with Crippen LogP contribution in [-0.4, -0.2) is 36.6 Å². The molecule has 0 aliphatic carbocycles. The lowest BCUT2D eigenvalue weighted by molar-refractivity contribution is 0.199. The van der Waals surface area contributed by atoms with Gasteiger partial charge in [-0.2, -0.15) is 0 Å². The standard InChI is InChI=1S/C14H15N3O3S/c18-13(17-7-6-16-14(17)19)15-5-3-11-1-2-12(21-11)10-4-8-20-9-10/h1-2,4,8-9H,3,5-7H2,(H,15,18)(H,16,19). The number of carbonyl (C=O) groups excluding carboxylic acids is 2. The quantitative estimate of drug-likeness (QED) is 0.910. The van der Waals surface area contributed by atoms with Crippen molar-refractivity contribution in [2.45, 2.75) is 6.42 Å². The van der Waals surface area contributed by atoms with E-state index in [9.17, 15) is 9.59 Å². The SMILES string of the molecule is O=C(NCCc1ccc(-c2ccoc2)s1)N1CCNC1=O. The summed E-state index contributed by atoms with van der Waals surface area (Å²) < 4.78 is 5.06. The Morgan fingerprint density at radius 1 is 1.43 bits per heavy atom. The summed E-state index contributed by atoms with van der Waals surface area (Å²) in [7, 11) is 0. The smallest absolute Gasteiger partial charge is 0.325 e. The van der Waals surface area contributed by atoms with Gasteiger partial charge in [0.25, 0.3) is 0 Å². The Balaban J connectivity index is 1.49. The van der Waals surface area contributed by atoms with E-state index in [0.29, 0.717) is 19.6 Å². The average Bonchev–Trinajstić information content (AvgIpc) is 3.19. The highest BCUT2D eigenvalue weighted by molar-refractivity contribution is 7.15. The summed E-state index contributed by atoms with van der Waals surface area (Å²) in [5.41, 5.74) is 1.06. The second kappa shape index (κ2) is 6.01. The summed E-state index contributed by atoms with van der Waals surface area (Å²) in [6, 6.07) is 5.34. The third-order valence-corrected chi connectivity index (χ3v) is 4.41. The molecule has 7 heteroatoms. The number of hydrogen-bond acceptors (Lipinski definition) is 4. The molecule has 3 rings (SSSR count). The number of urea groups is 2. The molecule has 0 aromatic carbocycles. The summed E-state index contributed by atoms with van der Waals surface area (Å²) in [6.45, 7) is 1.45. The molecule has 4 amide bonds. The van der Waals surface area contributed by atoms with E-state index < -0.39 is 0 Å². The topological polar surface area (TPSA) is 74.6 Å². The van der Waals surface area contributed by atoms with Gasteiger partial charge >= 0.3 is 12.1 Å². The van der Waals surface area contributed by atoms with Crippen LogP contribution in [0.25, 0.3) is 10.4 Å². The number of hydrogen-bond donors (Lipinski definition) is 2. The lowest BCUT2D eigenvalue weighted by atomic mass is 10.3. The van der Waals surface area contributed by atoms with Gasteiger partial charge < -0.3 is 15.1 Å². The summed E-state index contributed by atoms with van der Waals surface area (Å²) in [5, 5.41) is 5.36. The first kappa shape index (κ1) is 13.7. The summed E-state index contributed by atoms with van der Waals surface area (Å²) >= 11 is 1.67. The van der Waals surface area contributed by atoms with E-state index in [-0.39, 0.29) is 12.1 Å². The molecule has 2 aromatic heterocycles. The Morgan fingerprint density at radius 3 is 3.05 bits per heavy atom.